The fourth-order valence-corrected chi connectivity index (χ4v) is 3.69. The molecular formula is C18H27N. The Balaban J connectivity index is 1.44. The normalized spacial score (nSPS) is 29.2. The summed E-state index contributed by atoms with van der Waals surface area (Å²) in [4.78, 5) is 0. The standard InChI is InChI=1S/C18H27N/c1-14-5-7-15(8-6-14)16-11-17(12-16)19-13-18(2)9-3-4-10-18/h5-8,16-17,19H,3-4,9-13H2,1-2H3. The summed E-state index contributed by atoms with van der Waals surface area (Å²) in [6.07, 6.45) is 8.39. The molecule has 0 unspecified atom stereocenters. The second-order valence-corrected chi connectivity index (χ2v) is 7.17. The van der Waals surface area contributed by atoms with E-state index in [4.69, 9.17) is 0 Å². The average Bonchev–Trinajstić information content (AvgIpc) is 2.77. The second kappa shape index (κ2) is 5.28. The van der Waals surface area contributed by atoms with Gasteiger partial charge in [-0.25, -0.2) is 0 Å². The van der Waals surface area contributed by atoms with Gasteiger partial charge in [-0.3, -0.25) is 0 Å². The summed E-state index contributed by atoms with van der Waals surface area (Å²) < 4.78 is 0. The monoisotopic (exact) mass is 257 g/mol. The number of nitrogens with one attached hydrogen (secondary N) is 1. The van der Waals surface area contributed by atoms with Crippen LogP contribution < -0.4 is 5.32 Å². The molecule has 0 atom stereocenters. The first-order valence-electron chi connectivity index (χ1n) is 7.95. The zero-order valence-corrected chi connectivity index (χ0v) is 12.4. The molecule has 1 N–H and O–H groups in total. The Morgan fingerprint density at radius 2 is 1.74 bits per heavy atom. The van der Waals surface area contributed by atoms with Crippen LogP contribution in [0.3, 0.4) is 0 Å². The van der Waals surface area contributed by atoms with Crippen molar-refractivity contribution in [3.05, 3.63) is 35.4 Å². The van der Waals surface area contributed by atoms with E-state index in [1.54, 1.807) is 0 Å². The van der Waals surface area contributed by atoms with Gasteiger partial charge in [0.2, 0.25) is 0 Å². The van der Waals surface area contributed by atoms with E-state index in [0.29, 0.717) is 5.41 Å². The third-order valence-electron chi connectivity index (χ3n) is 5.32. The van der Waals surface area contributed by atoms with E-state index in [-0.39, 0.29) is 0 Å². The van der Waals surface area contributed by atoms with E-state index < -0.39 is 0 Å². The van der Waals surface area contributed by atoms with Gasteiger partial charge in [-0.2, -0.15) is 0 Å². The number of benzene rings is 1. The largest absolute Gasteiger partial charge is 0.313 e. The highest BCUT2D eigenvalue weighted by Gasteiger charge is 2.33. The SMILES string of the molecule is Cc1ccc(C2CC(NCC3(C)CCCC3)C2)cc1. The molecule has 19 heavy (non-hydrogen) atoms. The molecule has 0 radical (unpaired) electrons. The molecule has 1 nitrogen and oxygen atoms in total. The molecule has 1 heteroatoms. The van der Waals surface area contributed by atoms with Crippen LogP contribution >= 0.6 is 0 Å². The zero-order chi connectivity index (χ0) is 13.3. The van der Waals surface area contributed by atoms with Crippen molar-refractivity contribution in [1.29, 1.82) is 0 Å². The van der Waals surface area contributed by atoms with Crippen LogP contribution in [0.4, 0.5) is 0 Å². The van der Waals surface area contributed by atoms with Crippen molar-refractivity contribution < 1.29 is 0 Å². The predicted octanol–water partition coefficient (Wildman–Crippen LogP) is 4.41. The van der Waals surface area contributed by atoms with Crippen LogP contribution in [0.15, 0.2) is 24.3 Å². The molecular weight excluding hydrogens is 230 g/mol. The van der Waals surface area contributed by atoms with Crippen LogP contribution in [0.25, 0.3) is 0 Å². The predicted molar refractivity (Wildman–Crippen MR) is 81.5 cm³/mol. The fourth-order valence-electron chi connectivity index (χ4n) is 3.69. The van der Waals surface area contributed by atoms with Crippen molar-refractivity contribution in [1.82, 2.24) is 5.32 Å². The number of rotatable bonds is 4. The van der Waals surface area contributed by atoms with Gasteiger partial charge in [0, 0.05) is 12.6 Å². The third kappa shape index (κ3) is 3.02. The first-order valence-corrected chi connectivity index (χ1v) is 7.95. The summed E-state index contributed by atoms with van der Waals surface area (Å²) >= 11 is 0. The fraction of sp³-hybridized carbons (Fsp3) is 0.667. The zero-order valence-electron chi connectivity index (χ0n) is 12.4. The van der Waals surface area contributed by atoms with E-state index in [2.05, 4.69) is 43.4 Å². The molecule has 0 bridgehead atoms. The third-order valence-corrected chi connectivity index (χ3v) is 5.32. The van der Waals surface area contributed by atoms with Crippen molar-refractivity contribution in [2.75, 3.05) is 6.54 Å². The molecule has 1 aromatic carbocycles. The van der Waals surface area contributed by atoms with Gasteiger partial charge in [0.25, 0.3) is 0 Å². The summed E-state index contributed by atoms with van der Waals surface area (Å²) in [5.74, 6) is 0.800. The molecule has 0 amide bonds. The minimum absolute atomic E-state index is 0.592. The molecule has 104 valence electrons. The van der Waals surface area contributed by atoms with Crippen LogP contribution in [0.2, 0.25) is 0 Å². The minimum Gasteiger partial charge on any atom is -0.313 e. The summed E-state index contributed by atoms with van der Waals surface area (Å²) in [5, 5.41) is 3.81. The first-order chi connectivity index (χ1) is 9.15. The number of hydrogen-bond acceptors (Lipinski definition) is 1. The lowest BCUT2D eigenvalue weighted by molar-refractivity contribution is 0.234. The van der Waals surface area contributed by atoms with Crippen molar-refractivity contribution in [3.63, 3.8) is 0 Å². The maximum absolute atomic E-state index is 3.81. The van der Waals surface area contributed by atoms with Crippen molar-refractivity contribution >= 4 is 0 Å². The summed E-state index contributed by atoms with van der Waals surface area (Å²) in [6.45, 7) is 5.86. The van der Waals surface area contributed by atoms with Crippen LogP contribution in [-0.2, 0) is 0 Å². The van der Waals surface area contributed by atoms with Crippen LogP contribution in [-0.4, -0.2) is 12.6 Å². The van der Waals surface area contributed by atoms with E-state index >= 15 is 0 Å². The maximum Gasteiger partial charge on any atom is 0.00789 e. The lowest BCUT2D eigenvalue weighted by Gasteiger charge is -2.38. The highest BCUT2D eigenvalue weighted by atomic mass is 14.9. The van der Waals surface area contributed by atoms with Gasteiger partial charge in [0.05, 0.1) is 0 Å². The molecule has 2 aliphatic carbocycles. The van der Waals surface area contributed by atoms with Crippen molar-refractivity contribution in [2.24, 2.45) is 5.41 Å². The van der Waals surface area contributed by atoms with Crippen molar-refractivity contribution in [3.8, 4) is 0 Å². The molecule has 0 spiro atoms. The van der Waals surface area contributed by atoms with E-state index in [1.807, 2.05) is 0 Å². The van der Waals surface area contributed by atoms with E-state index in [9.17, 15) is 0 Å². The summed E-state index contributed by atoms with van der Waals surface area (Å²) in [6, 6.07) is 9.89. The van der Waals surface area contributed by atoms with Crippen LogP contribution in [0, 0.1) is 12.3 Å². The summed E-state index contributed by atoms with van der Waals surface area (Å²) in [7, 11) is 0. The average molecular weight is 257 g/mol. The van der Waals surface area contributed by atoms with E-state index in [0.717, 1.165) is 12.0 Å². The molecule has 2 aliphatic rings. The van der Waals surface area contributed by atoms with Gasteiger partial charge in [0.1, 0.15) is 0 Å². The van der Waals surface area contributed by atoms with Gasteiger partial charge < -0.3 is 5.32 Å². The summed E-state index contributed by atoms with van der Waals surface area (Å²) in [5.41, 5.74) is 3.50. The van der Waals surface area contributed by atoms with Gasteiger partial charge >= 0.3 is 0 Å². The number of hydrogen-bond donors (Lipinski definition) is 1. The number of aryl methyl sites for hydroxylation is 1. The van der Waals surface area contributed by atoms with E-state index in [1.165, 1.54) is 56.2 Å². The highest BCUT2D eigenvalue weighted by molar-refractivity contribution is 5.26. The molecule has 2 fully saturated rings. The first kappa shape index (κ1) is 13.2. The smallest absolute Gasteiger partial charge is 0.00789 e. The van der Waals surface area contributed by atoms with Gasteiger partial charge in [-0.1, -0.05) is 49.6 Å². The van der Waals surface area contributed by atoms with Gasteiger partial charge in [-0.15, -0.1) is 0 Å². The molecule has 0 saturated heterocycles. The quantitative estimate of drug-likeness (QED) is 0.842. The Labute approximate surface area is 117 Å². The van der Waals surface area contributed by atoms with Crippen molar-refractivity contribution in [2.45, 2.75) is 64.3 Å². The topological polar surface area (TPSA) is 12.0 Å². The lowest BCUT2D eigenvalue weighted by Crippen LogP contribution is -2.44. The second-order valence-electron chi connectivity index (χ2n) is 7.17. The Kier molecular flexibility index (Phi) is 3.66. The highest BCUT2D eigenvalue weighted by Crippen LogP contribution is 2.40. The minimum atomic E-state index is 0.592. The maximum atomic E-state index is 3.81. The van der Waals surface area contributed by atoms with Crippen LogP contribution in [0.1, 0.15) is 62.5 Å². The Morgan fingerprint density at radius 1 is 1.11 bits per heavy atom. The molecule has 2 saturated carbocycles. The Bertz CT molecular complexity index is 408. The Morgan fingerprint density at radius 3 is 2.37 bits per heavy atom. The van der Waals surface area contributed by atoms with Crippen LogP contribution in [0.5, 0.6) is 0 Å². The molecule has 0 heterocycles. The molecule has 0 aliphatic heterocycles. The van der Waals surface area contributed by atoms with Gasteiger partial charge in [-0.05, 0) is 49.5 Å². The molecule has 3 rings (SSSR count). The Hall–Kier alpha value is -0.820. The van der Waals surface area contributed by atoms with Gasteiger partial charge in [0.15, 0.2) is 0 Å². The molecule has 0 aromatic heterocycles. The molecule has 1 aromatic rings. The lowest BCUT2D eigenvalue weighted by atomic mass is 9.75.